The van der Waals surface area contributed by atoms with E-state index in [0.717, 1.165) is 29.5 Å². The predicted octanol–water partition coefficient (Wildman–Crippen LogP) is 5.37. The zero-order valence-corrected chi connectivity index (χ0v) is 14.4. The minimum absolute atomic E-state index is 0.482. The molecule has 1 fully saturated rings. The third kappa shape index (κ3) is 4.09. The van der Waals surface area contributed by atoms with Gasteiger partial charge in [-0.3, -0.25) is 4.79 Å². The molecule has 1 aliphatic rings. The lowest BCUT2D eigenvalue weighted by atomic mass is 9.90. The van der Waals surface area contributed by atoms with Crippen LogP contribution in [0.1, 0.15) is 37.7 Å². The van der Waals surface area contributed by atoms with Crippen molar-refractivity contribution in [3.05, 3.63) is 53.1 Å². The zero-order chi connectivity index (χ0) is 17.1. The summed E-state index contributed by atoms with van der Waals surface area (Å²) < 4.78 is 5.66. The summed E-state index contributed by atoms with van der Waals surface area (Å²) in [5.74, 6) is 0.00406. The van der Waals surface area contributed by atoms with Crippen molar-refractivity contribution in [2.45, 2.75) is 32.1 Å². The molecule has 24 heavy (non-hydrogen) atoms. The minimum atomic E-state index is -0.766. The average molecular weight is 345 g/mol. The van der Waals surface area contributed by atoms with Gasteiger partial charge in [0.05, 0.1) is 12.5 Å². The number of benzene rings is 2. The van der Waals surface area contributed by atoms with Gasteiger partial charge in [0.2, 0.25) is 0 Å². The van der Waals surface area contributed by atoms with Crippen LogP contribution in [-0.2, 0) is 4.79 Å². The molecule has 4 heteroatoms. The van der Waals surface area contributed by atoms with Crippen LogP contribution >= 0.6 is 11.6 Å². The van der Waals surface area contributed by atoms with E-state index >= 15 is 0 Å². The first-order chi connectivity index (χ1) is 11.6. The predicted molar refractivity (Wildman–Crippen MR) is 95.8 cm³/mol. The molecule has 0 aliphatic heterocycles. The Morgan fingerprint density at radius 1 is 1.21 bits per heavy atom. The summed E-state index contributed by atoms with van der Waals surface area (Å²) in [7, 11) is 0. The smallest absolute Gasteiger partial charge is 0.310 e. The highest BCUT2D eigenvalue weighted by Gasteiger charge is 2.30. The van der Waals surface area contributed by atoms with Crippen LogP contribution in [0.25, 0.3) is 11.1 Å². The van der Waals surface area contributed by atoms with Crippen molar-refractivity contribution in [1.29, 1.82) is 0 Å². The molecule has 1 N–H and O–H groups in total. The highest BCUT2D eigenvalue weighted by Crippen LogP contribution is 2.40. The molecule has 0 heterocycles. The van der Waals surface area contributed by atoms with Crippen LogP contribution in [-0.4, -0.2) is 17.7 Å². The Morgan fingerprint density at radius 2 is 1.92 bits per heavy atom. The maximum absolute atomic E-state index is 11.8. The SMILES string of the molecule is CCOc1cc(-c2ccc(Cl)cc2)cc(C(CC2CC2)C(=O)O)c1. The number of carboxylic acids is 1. The topological polar surface area (TPSA) is 46.5 Å². The molecule has 126 valence electrons. The van der Waals surface area contributed by atoms with E-state index in [9.17, 15) is 9.90 Å². The molecule has 3 nitrogen and oxygen atoms in total. The molecule has 1 unspecified atom stereocenters. The molecule has 1 atom stereocenters. The highest BCUT2D eigenvalue weighted by atomic mass is 35.5. The second-order valence-corrected chi connectivity index (χ2v) is 6.74. The van der Waals surface area contributed by atoms with Gasteiger partial charge in [0.1, 0.15) is 5.75 Å². The maximum Gasteiger partial charge on any atom is 0.310 e. The number of hydrogen-bond donors (Lipinski definition) is 1. The van der Waals surface area contributed by atoms with Crippen LogP contribution in [0.3, 0.4) is 0 Å². The van der Waals surface area contributed by atoms with Crippen molar-refractivity contribution in [2.75, 3.05) is 6.61 Å². The van der Waals surface area contributed by atoms with Gasteiger partial charge in [0.15, 0.2) is 0 Å². The number of halogens is 1. The first-order valence-corrected chi connectivity index (χ1v) is 8.71. The third-order valence-corrected chi connectivity index (χ3v) is 4.64. The van der Waals surface area contributed by atoms with Crippen molar-refractivity contribution in [3.63, 3.8) is 0 Å². The van der Waals surface area contributed by atoms with Crippen LogP contribution in [0.4, 0.5) is 0 Å². The largest absolute Gasteiger partial charge is 0.494 e. The van der Waals surface area contributed by atoms with Gasteiger partial charge < -0.3 is 9.84 Å². The van der Waals surface area contributed by atoms with E-state index in [2.05, 4.69) is 0 Å². The van der Waals surface area contributed by atoms with E-state index in [1.54, 1.807) is 0 Å². The highest BCUT2D eigenvalue weighted by molar-refractivity contribution is 6.30. The van der Waals surface area contributed by atoms with Crippen LogP contribution < -0.4 is 4.74 Å². The van der Waals surface area contributed by atoms with E-state index in [1.807, 2.05) is 49.4 Å². The van der Waals surface area contributed by atoms with Crippen molar-refractivity contribution in [1.82, 2.24) is 0 Å². The Balaban J connectivity index is 2.00. The van der Waals surface area contributed by atoms with Crippen LogP contribution in [0.2, 0.25) is 5.02 Å². The van der Waals surface area contributed by atoms with Gasteiger partial charge in [0.25, 0.3) is 0 Å². The van der Waals surface area contributed by atoms with Crippen LogP contribution in [0, 0.1) is 5.92 Å². The minimum Gasteiger partial charge on any atom is -0.494 e. The van der Waals surface area contributed by atoms with Crippen molar-refractivity contribution in [3.8, 4) is 16.9 Å². The Labute approximate surface area is 147 Å². The van der Waals surface area contributed by atoms with Gasteiger partial charge in [-0.1, -0.05) is 42.6 Å². The molecule has 0 saturated heterocycles. The summed E-state index contributed by atoms with van der Waals surface area (Å²) in [5, 5.41) is 10.3. The molecule has 0 radical (unpaired) electrons. The van der Waals surface area contributed by atoms with Gasteiger partial charge in [-0.05, 0) is 60.2 Å². The number of rotatable bonds is 7. The quantitative estimate of drug-likeness (QED) is 0.734. The first-order valence-electron chi connectivity index (χ1n) is 8.33. The van der Waals surface area contributed by atoms with E-state index in [0.29, 0.717) is 29.7 Å². The number of hydrogen-bond acceptors (Lipinski definition) is 2. The van der Waals surface area contributed by atoms with E-state index < -0.39 is 11.9 Å². The second-order valence-electron chi connectivity index (χ2n) is 6.30. The summed E-state index contributed by atoms with van der Waals surface area (Å²) in [6.45, 7) is 2.47. The number of ether oxygens (including phenoxy) is 1. The summed E-state index contributed by atoms with van der Waals surface area (Å²) in [6.07, 6.45) is 2.98. The Bertz CT molecular complexity index is 720. The molecule has 2 aromatic carbocycles. The molecule has 0 aromatic heterocycles. The lowest BCUT2D eigenvalue weighted by molar-refractivity contribution is -0.139. The number of aliphatic carboxylic acids is 1. The maximum atomic E-state index is 11.8. The van der Waals surface area contributed by atoms with Gasteiger partial charge >= 0.3 is 5.97 Å². The summed E-state index contributed by atoms with van der Waals surface area (Å²) in [4.78, 5) is 11.8. The van der Waals surface area contributed by atoms with Crippen LogP contribution in [0.5, 0.6) is 5.75 Å². The normalized spacial score (nSPS) is 15.1. The lowest BCUT2D eigenvalue weighted by Crippen LogP contribution is -2.13. The Hall–Kier alpha value is -2.00. The summed E-state index contributed by atoms with van der Waals surface area (Å²) in [5.41, 5.74) is 2.76. The van der Waals surface area contributed by atoms with Gasteiger partial charge in [-0.25, -0.2) is 0 Å². The fraction of sp³-hybridized carbons (Fsp3) is 0.350. The third-order valence-electron chi connectivity index (χ3n) is 4.38. The van der Waals surface area contributed by atoms with E-state index in [4.69, 9.17) is 16.3 Å². The van der Waals surface area contributed by atoms with Crippen molar-refractivity contribution in [2.24, 2.45) is 5.92 Å². The van der Waals surface area contributed by atoms with E-state index in [-0.39, 0.29) is 0 Å². The average Bonchev–Trinajstić information content (AvgIpc) is 3.37. The molecular formula is C20H21ClO3. The summed E-state index contributed by atoms with van der Waals surface area (Å²) in [6, 6.07) is 13.3. The van der Waals surface area contributed by atoms with E-state index in [1.165, 1.54) is 0 Å². The molecule has 0 spiro atoms. The second kappa shape index (κ2) is 7.27. The Kier molecular flexibility index (Phi) is 5.10. The zero-order valence-electron chi connectivity index (χ0n) is 13.7. The standard InChI is InChI=1S/C20H21ClO3/c1-2-24-18-11-15(14-5-7-17(21)8-6-14)10-16(12-18)19(20(22)23)9-13-3-4-13/h5-8,10-13,19H,2-4,9H2,1H3,(H,22,23). The number of carboxylic acid groups (broad SMARTS) is 1. The molecular weight excluding hydrogens is 324 g/mol. The Morgan fingerprint density at radius 3 is 2.50 bits per heavy atom. The molecule has 2 aromatic rings. The summed E-state index contributed by atoms with van der Waals surface area (Å²) >= 11 is 5.97. The van der Waals surface area contributed by atoms with Gasteiger partial charge in [-0.2, -0.15) is 0 Å². The van der Waals surface area contributed by atoms with Crippen molar-refractivity contribution >= 4 is 17.6 Å². The van der Waals surface area contributed by atoms with Crippen molar-refractivity contribution < 1.29 is 14.6 Å². The lowest BCUT2D eigenvalue weighted by Gasteiger charge is -2.16. The number of carbonyl (C=O) groups is 1. The first kappa shape index (κ1) is 16.8. The van der Waals surface area contributed by atoms with Gasteiger partial charge in [-0.15, -0.1) is 0 Å². The van der Waals surface area contributed by atoms with Gasteiger partial charge in [0, 0.05) is 5.02 Å². The molecule has 1 saturated carbocycles. The fourth-order valence-corrected chi connectivity index (χ4v) is 3.07. The fourth-order valence-electron chi connectivity index (χ4n) is 2.95. The molecule has 3 rings (SSSR count). The monoisotopic (exact) mass is 344 g/mol. The molecule has 0 amide bonds. The molecule has 0 bridgehead atoms. The van der Waals surface area contributed by atoms with Crippen LogP contribution in [0.15, 0.2) is 42.5 Å². The molecule has 1 aliphatic carbocycles.